The summed E-state index contributed by atoms with van der Waals surface area (Å²) in [6.07, 6.45) is 10.6. The van der Waals surface area contributed by atoms with E-state index in [0.29, 0.717) is 31.9 Å². The van der Waals surface area contributed by atoms with Crippen LogP contribution >= 0.6 is 11.6 Å². The molecule has 11 heteroatoms. The van der Waals surface area contributed by atoms with E-state index < -0.39 is 26.8 Å². The predicted molar refractivity (Wildman–Crippen MR) is 187 cm³/mol. The molecule has 6 atom stereocenters. The normalized spacial score (nSPS) is 32.2. The van der Waals surface area contributed by atoms with Crippen molar-refractivity contribution in [1.29, 1.82) is 0 Å². The molecule has 1 fully saturated rings. The molecule has 1 amide bonds. The molecular formula is C37H45ClN4O5S. The molecule has 7 rings (SSSR count). The molecule has 2 aromatic carbocycles. The third-order valence-electron chi connectivity index (χ3n) is 11.8. The first-order chi connectivity index (χ1) is 22.8. The van der Waals surface area contributed by atoms with Gasteiger partial charge in [-0.15, -0.1) is 0 Å². The Morgan fingerprint density at radius 3 is 2.69 bits per heavy atom. The lowest BCUT2D eigenvalue weighted by molar-refractivity contribution is -0.0547. The van der Waals surface area contributed by atoms with Gasteiger partial charge in [-0.05, 0) is 106 Å². The number of aliphatic hydroxyl groups is 1. The number of rotatable bonds is 1. The third-order valence-corrected chi connectivity index (χ3v) is 13.9. The van der Waals surface area contributed by atoms with Gasteiger partial charge in [-0.1, -0.05) is 36.7 Å². The van der Waals surface area contributed by atoms with Crippen molar-refractivity contribution < 1.29 is 23.1 Å². The van der Waals surface area contributed by atoms with Crippen LogP contribution in [0.2, 0.25) is 5.02 Å². The Labute approximate surface area is 288 Å². The summed E-state index contributed by atoms with van der Waals surface area (Å²) in [7, 11) is -2.07. The van der Waals surface area contributed by atoms with E-state index in [2.05, 4.69) is 26.7 Å². The Morgan fingerprint density at radius 1 is 1.15 bits per heavy atom. The van der Waals surface area contributed by atoms with Crippen molar-refractivity contribution in [3.8, 4) is 5.75 Å². The number of aromatic nitrogens is 2. The molecule has 0 radical (unpaired) electrons. The Kier molecular flexibility index (Phi) is 8.44. The monoisotopic (exact) mass is 692 g/mol. The summed E-state index contributed by atoms with van der Waals surface area (Å²) in [6, 6.07) is 11.4. The first kappa shape index (κ1) is 33.2. The second kappa shape index (κ2) is 12.2. The molecule has 3 heterocycles. The van der Waals surface area contributed by atoms with Crippen LogP contribution in [0.25, 0.3) is 0 Å². The van der Waals surface area contributed by atoms with Crippen LogP contribution in [0.1, 0.15) is 79.0 Å². The fraction of sp³-hybridized carbons (Fsp3) is 0.514. The Balaban J connectivity index is 1.36. The molecule has 2 N–H and O–H groups in total. The molecule has 0 saturated heterocycles. The largest absolute Gasteiger partial charge is 0.490 e. The van der Waals surface area contributed by atoms with Crippen LogP contribution in [-0.4, -0.2) is 53.9 Å². The van der Waals surface area contributed by atoms with Crippen LogP contribution in [0.5, 0.6) is 5.75 Å². The van der Waals surface area contributed by atoms with Crippen LogP contribution in [0.15, 0.2) is 54.7 Å². The summed E-state index contributed by atoms with van der Waals surface area (Å²) in [5.74, 6) is 0.535. The number of nitrogens with one attached hydrogen (secondary N) is 1. The van der Waals surface area contributed by atoms with E-state index in [1.165, 1.54) is 11.1 Å². The highest BCUT2D eigenvalue weighted by Gasteiger charge is 2.50. The summed E-state index contributed by atoms with van der Waals surface area (Å²) >= 11 is 6.45. The highest BCUT2D eigenvalue weighted by molar-refractivity contribution is 7.90. The number of amides is 1. The Bertz CT molecular complexity index is 1890. The minimum absolute atomic E-state index is 0.0968. The summed E-state index contributed by atoms with van der Waals surface area (Å²) < 4.78 is 37.8. The van der Waals surface area contributed by atoms with E-state index in [1.54, 1.807) is 31.3 Å². The zero-order chi connectivity index (χ0) is 34.0. The maximum atomic E-state index is 13.5. The van der Waals surface area contributed by atoms with Gasteiger partial charge < -0.3 is 19.3 Å². The van der Waals surface area contributed by atoms with Crippen molar-refractivity contribution in [3.63, 3.8) is 0 Å². The lowest BCUT2D eigenvalue weighted by Crippen LogP contribution is -2.52. The van der Waals surface area contributed by atoms with E-state index in [9.17, 15) is 18.3 Å². The second-order valence-electron chi connectivity index (χ2n) is 14.6. The number of ether oxygens (including phenoxy) is 1. The van der Waals surface area contributed by atoms with E-state index in [4.69, 9.17) is 16.3 Å². The average Bonchev–Trinajstić information content (AvgIpc) is 3.29. The lowest BCUT2D eigenvalue weighted by Gasteiger charge is -2.49. The summed E-state index contributed by atoms with van der Waals surface area (Å²) in [5.41, 5.74) is 2.60. The molecular weight excluding hydrogens is 648 g/mol. The molecule has 1 saturated carbocycles. The molecule has 2 bridgehead atoms. The van der Waals surface area contributed by atoms with Gasteiger partial charge in [-0.3, -0.25) is 4.79 Å². The number of carbonyl (C=O) groups excluding carboxylic acids is 1. The quantitative estimate of drug-likeness (QED) is 0.310. The Hall–Kier alpha value is -3.34. The fourth-order valence-electron chi connectivity index (χ4n) is 8.42. The van der Waals surface area contributed by atoms with E-state index in [1.807, 2.05) is 43.7 Å². The molecule has 256 valence electrons. The number of anilines is 1. The van der Waals surface area contributed by atoms with E-state index in [0.717, 1.165) is 54.3 Å². The fourth-order valence-corrected chi connectivity index (χ4v) is 9.90. The molecule has 1 spiro atoms. The number of aryl methyl sites for hydroxylation is 2. The highest BCUT2D eigenvalue weighted by Crippen LogP contribution is 2.51. The number of halogens is 1. The third kappa shape index (κ3) is 5.63. The average molecular weight is 693 g/mol. The SMILES string of the molecule is Cc1ncc([C@]2(O)/C=C\C[C@H](C)[C@@H](C)S(=O)(=O)NC(=O)c3ccc4c(c3)N(C[C@@H]3CC[C@H]32)C[C@@]2(CCCc3cc(Cl)ccc32)CO4)n1C. The van der Waals surface area contributed by atoms with Gasteiger partial charge in [0.2, 0.25) is 10.0 Å². The number of carbonyl (C=O) groups is 1. The maximum absolute atomic E-state index is 13.5. The summed E-state index contributed by atoms with van der Waals surface area (Å²) in [4.78, 5) is 20.4. The van der Waals surface area contributed by atoms with Crippen LogP contribution in [0.3, 0.4) is 0 Å². The molecule has 48 heavy (non-hydrogen) atoms. The predicted octanol–water partition coefficient (Wildman–Crippen LogP) is 5.81. The number of allylic oxidation sites excluding steroid dienone is 1. The summed E-state index contributed by atoms with van der Waals surface area (Å²) in [5, 5.41) is 12.5. The Morgan fingerprint density at radius 2 is 1.96 bits per heavy atom. The standard InChI is InChI=1S/C37H45ClN4O5S/c1-23-7-5-16-37(44,34-19-39-25(3)41(34)4)31-12-9-28(31)20-42-21-36(15-6-8-26-17-29(38)11-13-30(26)36)22-47-33-14-10-27(18-32(33)42)35(43)40-48(45,46)24(23)2/h5,10-11,13-14,16-19,23-24,28,31,44H,6-9,12,15,20-22H2,1-4H3,(H,40,43)/b16-5-/t23-,24+,28-,31+,36-,37-/m0/s1. The molecule has 1 aromatic heterocycles. The number of fused-ring (bicyclic) bond motifs is 4. The zero-order valence-electron chi connectivity index (χ0n) is 28.1. The van der Waals surface area contributed by atoms with E-state index >= 15 is 0 Å². The van der Waals surface area contributed by atoms with Gasteiger partial charge in [0.15, 0.2) is 0 Å². The van der Waals surface area contributed by atoms with Gasteiger partial charge in [0, 0.05) is 42.1 Å². The van der Waals surface area contributed by atoms with Gasteiger partial charge >= 0.3 is 0 Å². The van der Waals surface area contributed by atoms with Gasteiger partial charge in [0.1, 0.15) is 17.2 Å². The maximum Gasteiger partial charge on any atom is 0.264 e. The summed E-state index contributed by atoms with van der Waals surface area (Å²) in [6.45, 7) is 7.15. The van der Waals surface area contributed by atoms with Crippen LogP contribution in [0.4, 0.5) is 5.69 Å². The second-order valence-corrected chi connectivity index (χ2v) is 17.1. The number of hydrogen-bond donors (Lipinski definition) is 2. The van der Waals surface area contributed by atoms with Gasteiger partial charge in [-0.25, -0.2) is 18.1 Å². The minimum atomic E-state index is -4.00. The number of imidazole rings is 1. The van der Waals surface area contributed by atoms with Crippen LogP contribution < -0.4 is 14.4 Å². The smallest absolute Gasteiger partial charge is 0.264 e. The van der Waals surface area contributed by atoms with Crippen molar-refractivity contribution >= 4 is 33.2 Å². The number of nitrogens with zero attached hydrogens (tertiary/aromatic N) is 3. The minimum Gasteiger partial charge on any atom is -0.490 e. The molecule has 2 aliphatic heterocycles. The first-order valence-corrected chi connectivity index (χ1v) is 19.0. The van der Waals surface area contributed by atoms with Crippen molar-refractivity contribution in [2.45, 2.75) is 75.6 Å². The van der Waals surface area contributed by atoms with Gasteiger partial charge in [0.25, 0.3) is 5.91 Å². The van der Waals surface area contributed by atoms with E-state index in [-0.39, 0.29) is 28.7 Å². The molecule has 0 unspecified atom stereocenters. The lowest BCUT2D eigenvalue weighted by atomic mass is 9.63. The van der Waals surface area contributed by atoms with Crippen molar-refractivity contribution in [3.05, 3.63) is 88.0 Å². The first-order valence-electron chi connectivity index (χ1n) is 17.1. The zero-order valence-corrected chi connectivity index (χ0v) is 29.7. The van der Waals surface area contributed by atoms with Crippen molar-refractivity contribution in [2.24, 2.45) is 24.8 Å². The van der Waals surface area contributed by atoms with Crippen LogP contribution in [0, 0.1) is 24.7 Å². The highest BCUT2D eigenvalue weighted by atomic mass is 35.5. The molecule has 9 nitrogen and oxygen atoms in total. The number of sulfonamides is 1. The topological polar surface area (TPSA) is 114 Å². The van der Waals surface area contributed by atoms with Crippen LogP contribution in [-0.2, 0) is 34.5 Å². The molecule has 4 aliphatic rings. The molecule has 2 aliphatic carbocycles. The van der Waals surface area contributed by atoms with Gasteiger partial charge in [-0.2, -0.15) is 0 Å². The van der Waals surface area contributed by atoms with Crippen molar-refractivity contribution in [1.82, 2.24) is 14.3 Å². The number of benzene rings is 2. The van der Waals surface area contributed by atoms with Gasteiger partial charge in [0.05, 0.1) is 29.4 Å². The number of hydrogen-bond acceptors (Lipinski definition) is 7. The van der Waals surface area contributed by atoms with Crippen molar-refractivity contribution in [2.75, 3.05) is 24.6 Å². The molecule has 3 aromatic rings.